The van der Waals surface area contributed by atoms with Crippen molar-refractivity contribution in [1.82, 2.24) is 19.4 Å². The van der Waals surface area contributed by atoms with E-state index in [9.17, 15) is 14.7 Å². The monoisotopic (exact) mass is 486 g/mol. The molecule has 3 aliphatic heterocycles. The third kappa shape index (κ3) is 3.63. The highest BCUT2D eigenvalue weighted by molar-refractivity contribution is 5.81. The molecule has 2 aromatic heterocycles. The van der Waals surface area contributed by atoms with Gasteiger partial charge in [0.25, 0.3) is 5.56 Å². The number of carbonyl (C=O) groups is 1. The van der Waals surface area contributed by atoms with Crippen LogP contribution in [0.5, 0.6) is 0 Å². The van der Waals surface area contributed by atoms with Gasteiger partial charge in [0.2, 0.25) is 5.91 Å². The molecule has 4 atom stereocenters. The summed E-state index contributed by atoms with van der Waals surface area (Å²) in [5.74, 6) is -0.714. The van der Waals surface area contributed by atoms with Crippen LogP contribution in [0.25, 0.3) is 6.08 Å². The van der Waals surface area contributed by atoms with E-state index in [0.29, 0.717) is 31.7 Å². The van der Waals surface area contributed by atoms with Crippen molar-refractivity contribution in [3.63, 3.8) is 0 Å². The predicted molar refractivity (Wildman–Crippen MR) is 134 cm³/mol. The van der Waals surface area contributed by atoms with Crippen LogP contribution in [0.15, 0.2) is 64.3 Å². The van der Waals surface area contributed by atoms with Crippen molar-refractivity contribution in [2.24, 2.45) is 11.8 Å². The maximum absolute atomic E-state index is 14.2. The normalized spacial score (nSPS) is 25.2. The molecule has 0 unspecified atom stereocenters. The molecule has 0 aliphatic carbocycles. The van der Waals surface area contributed by atoms with Crippen LogP contribution in [-0.2, 0) is 30.8 Å². The fraction of sp³-hybridized carbons (Fsp3) is 0.393. The highest BCUT2D eigenvalue weighted by Crippen LogP contribution is 2.49. The Hall–Kier alpha value is -3.49. The Kier molecular flexibility index (Phi) is 5.85. The molecule has 2 bridgehead atoms. The van der Waals surface area contributed by atoms with Gasteiger partial charge in [-0.3, -0.25) is 14.5 Å². The van der Waals surface area contributed by atoms with E-state index in [1.54, 1.807) is 6.26 Å². The minimum absolute atomic E-state index is 0.0413. The van der Waals surface area contributed by atoms with E-state index in [2.05, 4.69) is 22.0 Å². The second-order valence-corrected chi connectivity index (χ2v) is 9.94. The highest BCUT2D eigenvalue weighted by Gasteiger charge is 2.56. The van der Waals surface area contributed by atoms with E-state index < -0.39 is 5.92 Å². The molecule has 3 aliphatic rings. The summed E-state index contributed by atoms with van der Waals surface area (Å²) >= 11 is 0. The topological polar surface area (TPSA) is 91.8 Å². The standard InChI is InChI=1S/C28H30N4O4/c1-2-5-19-8-9-23-26-25(28(35)30-11-10-18-6-3-4-7-20(18)12-30)22(15-33)24(14-32(23)27(19)34)31(26)13-21-16-36-17-29-21/h2-9,16-17,22,24-26,33H,10-15H2,1H3/b5-2+/t22-,24-,25+,26+/m1/s1. The summed E-state index contributed by atoms with van der Waals surface area (Å²) in [6.07, 6.45) is 7.51. The minimum Gasteiger partial charge on any atom is -0.451 e. The quantitative estimate of drug-likeness (QED) is 0.596. The van der Waals surface area contributed by atoms with Gasteiger partial charge >= 0.3 is 0 Å². The SMILES string of the molecule is C/C=C/c1ccc2n(c1=O)C[C@@H]1[C@@H](CO)[C@H](C(=O)N3CCc4ccccc4C3)[C@H]2N1Cc1cocn1. The van der Waals surface area contributed by atoms with Crippen LogP contribution in [0, 0.1) is 11.8 Å². The highest BCUT2D eigenvalue weighted by atomic mass is 16.3. The number of oxazole rings is 1. The minimum atomic E-state index is -0.460. The van der Waals surface area contributed by atoms with Crippen molar-refractivity contribution in [3.8, 4) is 0 Å². The van der Waals surface area contributed by atoms with E-state index in [0.717, 1.165) is 17.8 Å². The Bertz CT molecular complexity index is 1360. The first-order valence-electron chi connectivity index (χ1n) is 12.6. The lowest BCUT2D eigenvalue weighted by Crippen LogP contribution is -2.46. The third-order valence-electron chi connectivity index (χ3n) is 8.10. The number of fused-ring (bicyclic) bond motifs is 5. The number of amides is 1. The molecular weight excluding hydrogens is 456 g/mol. The zero-order chi connectivity index (χ0) is 24.8. The van der Waals surface area contributed by atoms with Gasteiger partial charge in [0.15, 0.2) is 6.39 Å². The Labute approximate surface area is 209 Å². The van der Waals surface area contributed by atoms with Crippen LogP contribution in [0.1, 0.15) is 41.0 Å². The number of allylic oxidation sites excluding steroid dienone is 1. The summed E-state index contributed by atoms with van der Waals surface area (Å²) < 4.78 is 7.02. The molecule has 0 radical (unpaired) electrons. The molecule has 5 heterocycles. The number of aliphatic hydroxyl groups excluding tert-OH is 1. The smallest absolute Gasteiger partial charge is 0.258 e. The van der Waals surface area contributed by atoms with Gasteiger partial charge in [-0.05, 0) is 36.6 Å². The van der Waals surface area contributed by atoms with Crippen molar-refractivity contribution in [2.45, 2.75) is 45.1 Å². The molecule has 6 rings (SSSR count). The van der Waals surface area contributed by atoms with E-state index in [-0.39, 0.29) is 36.1 Å². The van der Waals surface area contributed by atoms with Gasteiger partial charge in [-0.15, -0.1) is 0 Å². The molecule has 1 aromatic carbocycles. The van der Waals surface area contributed by atoms with Crippen LogP contribution in [0.2, 0.25) is 0 Å². The second kappa shape index (κ2) is 9.19. The largest absolute Gasteiger partial charge is 0.451 e. The van der Waals surface area contributed by atoms with Gasteiger partial charge in [0.05, 0.1) is 17.7 Å². The Morgan fingerprint density at radius 2 is 2.06 bits per heavy atom. The molecular formula is C28H30N4O4. The number of nitrogens with zero attached hydrogens (tertiary/aromatic N) is 4. The summed E-state index contributed by atoms with van der Waals surface area (Å²) in [7, 11) is 0. The molecule has 8 heteroatoms. The number of rotatable bonds is 5. The molecule has 36 heavy (non-hydrogen) atoms. The maximum atomic E-state index is 14.2. The second-order valence-electron chi connectivity index (χ2n) is 9.94. The Morgan fingerprint density at radius 1 is 1.22 bits per heavy atom. The van der Waals surface area contributed by atoms with Gasteiger partial charge < -0.3 is 19.0 Å². The average molecular weight is 487 g/mol. The number of carbonyl (C=O) groups excluding carboxylic acids is 1. The first-order chi connectivity index (χ1) is 17.6. The first-order valence-corrected chi connectivity index (χ1v) is 12.6. The van der Waals surface area contributed by atoms with Crippen LogP contribution >= 0.6 is 0 Å². The first kappa shape index (κ1) is 22.9. The van der Waals surface area contributed by atoms with Crippen molar-refractivity contribution in [2.75, 3.05) is 13.2 Å². The molecule has 0 saturated carbocycles. The average Bonchev–Trinajstić information content (AvgIpc) is 3.48. The fourth-order valence-electron chi connectivity index (χ4n) is 6.44. The van der Waals surface area contributed by atoms with Gasteiger partial charge in [0, 0.05) is 56.0 Å². The molecule has 8 nitrogen and oxygen atoms in total. The zero-order valence-electron chi connectivity index (χ0n) is 20.3. The van der Waals surface area contributed by atoms with Crippen molar-refractivity contribution < 1.29 is 14.3 Å². The summed E-state index contributed by atoms with van der Waals surface area (Å²) in [5, 5.41) is 10.6. The van der Waals surface area contributed by atoms with Gasteiger partial charge in [-0.1, -0.05) is 36.4 Å². The lowest BCUT2D eigenvalue weighted by atomic mass is 9.85. The lowest BCUT2D eigenvalue weighted by Gasteiger charge is -2.38. The van der Waals surface area contributed by atoms with Crippen LogP contribution in [-0.4, -0.2) is 49.6 Å². The van der Waals surface area contributed by atoms with Crippen LogP contribution in [0.4, 0.5) is 0 Å². The van der Waals surface area contributed by atoms with Crippen molar-refractivity contribution in [1.29, 1.82) is 0 Å². The van der Waals surface area contributed by atoms with Gasteiger partial charge in [-0.2, -0.15) is 0 Å². The molecule has 3 aromatic rings. The van der Waals surface area contributed by atoms with E-state index in [1.165, 1.54) is 17.5 Å². The number of aliphatic hydroxyl groups is 1. The number of hydrogen-bond acceptors (Lipinski definition) is 6. The Balaban J connectivity index is 1.42. The lowest BCUT2D eigenvalue weighted by molar-refractivity contribution is -0.139. The summed E-state index contributed by atoms with van der Waals surface area (Å²) in [6.45, 7) is 3.89. The molecule has 1 N–H and O–H groups in total. The molecule has 0 spiro atoms. The predicted octanol–water partition coefficient (Wildman–Crippen LogP) is 2.62. The number of pyridine rings is 1. The molecule has 1 fully saturated rings. The fourth-order valence-corrected chi connectivity index (χ4v) is 6.44. The van der Waals surface area contributed by atoms with Crippen LogP contribution in [0.3, 0.4) is 0 Å². The molecule has 1 amide bonds. The molecule has 186 valence electrons. The van der Waals surface area contributed by atoms with Crippen LogP contribution < -0.4 is 5.56 Å². The van der Waals surface area contributed by atoms with Crippen molar-refractivity contribution >= 4 is 12.0 Å². The summed E-state index contributed by atoms with van der Waals surface area (Å²) in [5.41, 5.74) is 4.61. The summed E-state index contributed by atoms with van der Waals surface area (Å²) in [6, 6.07) is 11.6. The zero-order valence-corrected chi connectivity index (χ0v) is 20.3. The van der Waals surface area contributed by atoms with Crippen molar-refractivity contribution in [3.05, 3.63) is 93.6 Å². The van der Waals surface area contributed by atoms with E-state index >= 15 is 0 Å². The molecule has 1 saturated heterocycles. The maximum Gasteiger partial charge on any atom is 0.258 e. The Morgan fingerprint density at radius 3 is 2.81 bits per heavy atom. The number of aromatic nitrogens is 2. The van der Waals surface area contributed by atoms with E-state index in [4.69, 9.17) is 4.42 Å². The van der Waals surface area contributed by atoms with E-state index in [1.807, 2.05) is 52.8 Å². The van der Waals surface area contributed by atoms with Gasteiger partial charge in [0.1, 0.15) is 6.26 Å². The third-order valence-corrected chi connectivity index (χ3v) is 8.10. The number of benzene rings is 1. The number of hydrogen-bond donors (Lipinski definition) is 1. The van der Waals surface area contributed by atoms with Gasteiger partial charge in [-0.25, -0.2) is 4.98 Å². The summed E-state index contributed by atoms with van der Waals surface area (Å²) in [4.78, 5) is 36.0.